The van der Waals surface area contributed by atoms with Crippen LogP contribution >= 0.6 is 23.4 Å². The number of hydrogen-bond acceptors (Lipinski definition) is 7. The summed E-state index contributed by atoms with van der Waals surface area (Å²) in [6.07, 6.45) is 2.09. The fourth-order valence-corrected chi connectivity index (χ4v) is 4.04. The smallest absolute Gasteiger partial charge is 0.328 e. The number of carbonyl (C=O) groups excluding carboxylic acids is 2. The number of methoxy groups -OCH3 is 1. The highest BCUT2D eigenvalue weighted by Gasteiger charge is 2.25. The second-order valence-corrected chi connectivity index (χ2v) is 8.21. The van der Waals surface area contributed by atoms with Crippen molar-refractivity contribution in [2.45, 2.75) is 31.2 Å². The highest BCUT2D eigenvalue weighted by molar-refractivity contribution is 8.00. The molecule has 4 N–H and O–H groups in total. The Bertz CT molecular complexity index is 745. The molecule has 1 heterocycles. The normalized spacial score (nSPS) is 18.7. The predicted octanol–water partition coefficient (Wildman–Crippen LogP) is 1.87. The van der Waals surface area contributed by atoms with Gasteiger partial charge in [-0.2, -0.15) is 0 Å². The first-order chi connectivity index (χ1) is 14.3. The van der Waals surface area contributed by atoms with Crippen LogP contribution in [-0.2, 0) is 25.7 Å². The Hall–Kier alpha value is -2.07. The number of benzene rings is 1. The van der Waals surface area contributed by atoms with Gasteiger partial charge in [-0.15, -0.1) is 11.8 Å². The van der Waals surface area contributed by atoms with Crippen molar-refractivity contribution in [3.8, 4) is 0 Å². The van der Waals surface area contributed by atoms with Crippen molar-refractivity contribution in [1.29, 1.82) is 0 Å². The highest BCUT2D eigenvalue weighted by atomic mass is 35.5. The number of rotatable bonds is 8. The summed E-state index contributed by atoms with van der Waals surface area (Å²) in [6.45, 7) is 4.08. The van der Waals surface area contributed by atoms with Gasteiger partial charge in [-0.1, -0.05) is 29.8 Å². The molecule has 0 aromatic heterocycles. The maximum Gasteiger partial charge on any atom is 0.328 e. The van der Waals surface area contributed by atoms with E-state index in [-0.39, 0.29) is 11.2 Å². The third-order valence-corrected chi connectivity index (χ3v) is 5.85. The van der Waals surface area contributed by atoms with Gasteiger partial charge in [-0.25, -0.2) is 4.79 Å². The van der Waals surface area contributed by atoms with E-state index in [2.05, 4.69) is 15.0 Å². The standard InChI is InChI=1S/C18H24ClN3O3S.C2H4O2/c1-12(20)18(25)21-11-26-16-6-7-22(10-14(16)8-17(23)24)9-13-4-2-3-5-15(13)19;1-4-2-3/h2-5,8,12,16H,6-7,9-11,20H2,1H3,(H,21,25)(H,23,24);2H,1H3/b14-8+;. The molecular weight excluding hydrogens is 430 g/mol. The zero-order valence-electron chi connectivity index (χ0n) is 17.0. The number of hydrogen-bond donors (Lipinski definition) is 3. The van der Waals surface area contributed by atoms with E-state index in [1.807, 2.05) is 24.3 Å². The minimum atomic E-state index is -0.954. The van der Waals surface area contributed by atoms with Crippen LogP contribution in [0.5, 0.6) is 0 Å². The maximum atomic E-state index is 11.6. The lowest BCUT2D eigenvalue weighted by Crippen LogP contribution is -2.40. The number of carboxylic acids is 1. The average Bonchev–Trinajstić information content (AvgIpc) is 2.70. The summed E-state index contributed by atoms with van der Waals surface area (Å²) in [4.78, 5) is 33.9. The molecule has 1 fully saturated rings. The number of piperidine rings is 1. The fourth-order valence-electron chi connectivity index (χ4n) is 2.79. The second-order valence-electron chi connectivity index (χ2n) is 6.61. The molecule has 166 valence electrons. The Kier molecular flexibility index (Phi) is 12.1. The van der Waals surface area contributed by atoms with Gasteiger partial charge in [0.15, 0.2) is 0 Å². The van der Waals surface area contributed by atoms with Gasteiger partial charge in [-0.05, 0) is 30.5 Å². The number of nitrogens with two attached hydrogens (primary N) is 1. The van der Waals surface area contributed by atoms with Crippen molar-refractivity contribution in [3.63, 3.8) is 0 Å². The Morgan fingerprint density at radius 3 is 2.70 bits per heavy atom. The summed E-state index contributed by atoms with van der Waals surface area (Å²) in [5.41, 5.74) is 7.39. The molecule has 1 aromatic carbocycles. The monoisotopic (exact) mass is 457 g/mol. The number of nitrogens with one attached hydrogen (secondary N) is 1. The predicted molar refractivity (Wildman–Crippen MR) is 118 cm³/mol. The molecule has 2 atom stereocenters. The van der Waals surface area contributed by atoms with Crippen molar-refractivity contribution in [2.24, 2.45) is 5.73 Å². The van der Waals surface area contributed by atoms with Gasteiger partial charge < -0.3 is 20.9 Å². The summed E-state index contributed by atoms with van der Waals surface area (Å²) < 4.78 is 3.86. The number of aliphatic carboxylic acids is 1. The largest absolute Gasteiger partial charge is 0.478 e. The third kappa shape index (κ3) is 9.62. The minimum absolute atomic E-state index is 0.0574. The molecule has 0 saturated carbocycles. The number of carboxylic acid groups (broad SMARTS) is 1. The van der Waals surface area contributed by atoms with Gasteiger partial charge in [0.05, 0.1) is 19.0 Å². The van der Waals surface area contributed by atoms with Gasteiger partial charge in [0, 0.05) is 36.0 Å². The van der Waals surface area contributed by atoms with E-state index in [1.54, 1.807) is 6.92 Å². The van der Waals surface area contributed by atoms with Gasteiger partial charge >= 0.3 is 5.97 Å². The summed E-state index contributed by atoms with van der Waals surface area (Å²) in [5.74, 6) is -0.755. The SMILES string of the molecule is CC(N)C(=O)NCSC1CCN(Cc2ccccc2Cl)C/C1=C\C(=O)O.COC=O. The van der Waals surface area contributed by atoms with Crippen LogP contribution in [0.25, 0.3) is 0 Å². The van der Waals surface area contributed by atoms with E-state index in [0.29, 0.717) is 30.5 Å². The Morgan fingerprint density at radius 2 is 2.13 bits per heavy atom. The van der Waals surface area contributed by atoms with E-state index < -0.39 is 12.0 Å². The van der Waals surface area contributed by atoms with Crippen LogP contribution in [0.1, 0.15) is 18.9 Å². The summed E-state index contributed by atoms with van der Waals surface area (Å²) in [5, 5.41) is 12.7. The topological polar surface area (TPSA) is 122 Å². The van der Waals surface area contributed by atoms with Crippen LogP contribution in [0.3, 0.4) is 0 Å². The number of thioether (sulfide) groups is 1. The molecule has 1 aliphatic heterocycles. The molecule has 30 heavy (non-hydrogen) atoms. The molecule has 2 unspecified atom stereocenters. The van der Waals surface area contributed by atoms with Gasteiger partial charge in [0.2, 0.25) is 5.91 Å². The molecule has 2 rings (SSSR count). The molecule has 1 saturated heterocycles. The number of ether oxygens (including phenoxy) is 1. The van der Waals surface area contributed by atoms with Gasteiger partial charge in [0.1, 0.15) is 0 Å². The van der Waals surface area contributed by atoms with Crippen LogP contribution in [0.2, 0.25) is 5.02 Å². The summed E-state index contributed by atoms with van der Waals surface area (Å²) in [6, 6.07) is 7.11. The molecule has 0 spiro atoms. The Labute approximate surface area is 185 Å². The van der Waals surface area contributed by atoms with Gasteiger partial charge in [0.25, 0.3) is 6.47 Å². The Balaban J connectivity index is 0.00000103. The average molecular weight is 458 g/mol. The lowest BCUT2D eigenvalue weighted by Gasteiger charge is -2.34. The van der Waals surface area contributed by atoms with Crippen LogP contribution in [0.15, 0.2) is 35.9 Å². The van der Waals surface area contributed by atoms with E-state index in [9.17, 15) is 14.7 Å². The second kappa shape index (κ2) is 14.0. The molecule has 1 aromatic rings. The number of halogens is 1. The minimum Gasteiger partial charge on any atom is -0.478 e. The van der Waals surface area contributed by atoms with Crippen molar-refractivity contribution < 1.29 is 24.2 Å². The number of nitrogens with zero attached hydrogens (tertiary/aromatic N) is 1. The zero-order valence-corrected chi connectivity index (χ0v) is 18.6. The van der Waals surface area contributed by atoms with Crippen molar-refractivity contribution in [2.75, 3.05) is 26.1 Å². The van der Waals surface area contributed by atoms with Crippen LogP contribution in [0.4, 0.5) is 0 Å². The number of likely N-dealkylation sites (tertiary alicyclic amines) is 1. The van der Waals surface area contributed by atoms with Crippen LogP contribution < -0.4 is 11.1 Å². The summed E-state index contributed by atoms with van der Waals surface area (Å²) >= 11 is 7.76. The van der Waals surface area contributed by atoms with Gasteiger partial charge in [-0.3, -0.25) is 14.5 Å². The van der Waals surface area contributed by atoms with Crippen LogP contribution in [0, 0.1) is 0 Å². The van der Waals surface area contributed by atoms with Crippen molar-refractivity contribution in [1.82, 2.24) is 10.2 Å². The van der Waals surface area contributed by atoms with Crippen molar-refractivity contribution >= 4 is 41.7 Å². The summed E-state index contributed by atoms with van der Waals surface area (Å²) in [7, 11) is 1.31. The lowest BCUT2D eigenvalue weighted by atomic mass is 10.0. The van der Waals surface area contributed by atoms with Crippen molar-refractivity contribution in [3.05, 3.63) is 46.5 Å². The van der Waals surface area contributed by atoms with E-state index in [1.165, 1.54) is 24.9 Å². The number of amides is 1. The molecule has 0 radical (unpaired) electrons. The van der Waals surface area contributed by atoms with E-state index in [4.69, 9.17) is 22.1 Å². The van der Waals surface area contributed by atoms with E-state index in [0.717, 1.165) is 24.1 Å². The molecule has 0 bridgehead atoms. The molecule has 1 aliphatic rings. The first kappa shape index (κ1) is 26.0. The highest BCUT2D eigenvalue weighted by Crippen LogP contribution is 2.29. The molecular formula is C20H28ClN3O5S. The fraction of sp³-hybridized carbons (Fsp3) is 0.450. The number of carbonyl (C=O) groups is 3. The lowest BCUT2D eigenvalue weighted by molar-refractivity contribution is -0.131. The molecule has 1 amide bonds. The first-order valence-corrected chi connectivity index (χ1v) is 10.7. The third-order valence-electron chi connectivity index (χ3n) is 4.23. The van der Waals surface area contributed by atoms with Crippen LogP contribution in [-0.4, -0.2) is 65.7 Å². The molecule has 0 aliphatic carbocycles. The van der Waals surface area contributed by atoms with E-state index >= 15 is 0 Å². The Morgan fingerprint density at radius 1 is 1.47 bits per heavy atom. The molecule has 10 heteroatoms. The maximum absolute atomic E-state index is 11.6. The first-order valence-electron chi connectivity index (χ1n) is 9.29. The zero-order chi connectivity index (χ0) is 22.5. The quantitative estimate of drug-likeness (QED) is 0.307. The molecule has 8 nitrogen and oxygen atoms in total.